The number of benzene rings is 2. The van der Waals surface area contributed by atoms with Crippen molar-refractivity contribution in [3.63, 3.8) is 0 Å². The number of nitrogens with zero attached hydrogens (tertiary/aromatic N) is 2. The molecule has 0 radical (unpaired) electrons. The van der Waals surface area contributed by atoms with Gasteiger partial charge in [0.1, 0.15) is 9.12 Å². The van der Waals surface area contributed by atoms with Gasteiger partial charge in [-0.2, -0.15) is 26.3 Å². The predicted octanol–water partition coefficient (Wildman–Crippen LogP) is 6.71. The third-order valence-corrected chi connectivity index (χ3v) is 8.98. The molecule has 2 aliphatic heterocycles. The Morgan fingerprint density at radius 1 is 0.645 bits per heavy atom. The van der Waals surface area contributed by atoms with Crippen LogP contribution in [0.4, 0.5) is 26.3 Å². The van der Waals surface area contributed by atoms with Crippen LogP contribution in [0, 0.1) is 0 Å². The molecule has 0 N–H and O–H groups in total. The van der Waals surface area contributed by atoms with Gasteiger partial charge in [0, 0.05) is 11.1 Å². The summed E-state index contributed by atoms with van der Waals surface area (Å²) in [6.07, 6.45) is -11.4. The van der Waals surface area contributed by atoms with Crippen molar-refractivity contribution in [2.75, 3.05) is 0 Å². The number of hydrogen-bond acceptors (Lipinski definition) is 4. The maximum atomic E-state index is 14.5. The fourth-order valence-electron chi connectivity index (χ4n) is 3.80. The van der Waals surface area contributed by atoms with E-state index in [0.29, 0.717) is 29.1 Å². The first-order chi connectivity index (χ1) is 14.3. The van der Waals surface area contributed by atoms with Gasteiger partial charge in [0.2, 0.25) is 0 Å². The van der Waals surface area contributed by atoms with E-state index in [4.69, 9.17) is 0 Å². The van der Waals surface area contributed by atoms with E-state index in [1.165, 1.54) is 26.0 Å². The quantitative estimate of drug-likeness (QED) is 0.452. The molecule has 0 amide bonds. The first-order valence-corrected chi connectivity index (χ1v) is 10.8. The van der Waals surface area contributed by atoms with Gasteiger partial charge in [0.15, 0.2) is 0 Å². The van der Waals surface area contributed by atoms with Crippen LogP contribution < -0.4 is 0 Å². The molecular formula is C21H16F6N2S2. The second kappa shape index (κ2) is 7.03. The Morgan fingerprint density at radius 2 is 1.03 bits per heavy atom. The molecule has 0 fully saturated rings. The SMILES string of the molecule is CC1(C)N=C(c2ccccc2)S[C@@]12SC(c1ccccc1)=NC2(C(F)(F)F)C(F)(F)F. The van der Waals surface area contributed by atoms with Gasteiger partial charge in [0.25, 0.3) is 5.54 Å². The van der Waals surface area contributed by atoms with Crippen molar-refractivity contribution in [3.05, 3.63) is 71.8 Å². The Balaban J connectivity index is 1.96. The molecule has 0 bridgehead atoms. The second-order valence-electron chi connectivity index (χ2n) is 7.65. The van der Waals surface area contributed by atoms with E-state index >= 15 is 0 Å². The summed E-state index contributed by atoms with van der Waals surface area (Å²) in [6.45, 7) is 2.61. The summed E-state index contributed by atoms with van der Waals surface area (Å²) < 4.78 is 84.3. The van der Waals surface area contributed by atoms with Crippen molar-refractivity contribution in [1.29, 1.82) is 0 Å². The summed E-state index contributed by atoms with van der Waals surface area (Å²) >= 11 is 0.996. The number of hydrogen-bond donors (Lipinski definition) is 0. The third-order valence-electron chi connectivity index (χ3n) is 5.27. The zero-order valence-corrected chi connectivity index (χ0v) is 17.9. The van der Waals surface area contributed by atoms with Crippen molar-refractivity contribution in [2.45, 2.75) is 41.4 Å². The highest BCUT2D eigenvalue weighted by atomic mass is 32.2. The molecule has 0 aliphatic carbocycles. The molecule has 0 aromatic heterocycles. The number of aliphatic imine (C=N–C) groups is 2. The molecule has 1 spiro atoms. The highest BCUT2D eigenvalue weighted by Gasteiger charge is 2.87. The first-order valence-electron chi connectivity index (χ1n) is 9.17. The Labute approximate surface area is 183 Å². The molecule has 2 aliphatic rings. The van der Waals surface area contributed by atoms with Gasteiger partial charge in [-0.15, -0.1) is 0 Å². The van der Waals surface area contributed by atoms with Crippen LogP contribution in [0.3, 0.4) is 0 Å². The molecule has 31 heavy (non-hydrogen) atoms. The topological polar surface area (TPSA) is 24.7 Å². The van der Waals surface area contributed by atoms with Gasteiger partial charge in [0.05, 0.1) is 10.6 Å². The van der Waals surface area contributed by atoms with Crippen molar-refractivity contribution in [2.24, 2.45) is 9.98 Å². The number of thioether (sulfide) groups is 2. The zero-order chi connectivity index (χ0) is 22.7. The minimum absolute atomic E-state index is 0.125. The fraction of sp³-hybridized carbons (Fsp3) is 0.333. The average molecular weight is 474 g/mol. The van der Waals surface area contributed by atoms with Crippen molar-refractivity contribution in [1.82, 2.24) is 0 Å². The summed E-state index contributed by atoms with van der Waals surface area (Å²) in [5.74, 6) is 0. The molecule has 4 rings (SSSR count). The van der Waals surface area contributed by atoms with Crippen LogP contribution >= 0.6 is 23.5 Å². The number of alkyl halides is 6. The summed E-state index contributed by atoms with van der Waals surface area (Å²) in [5.41, 5.74) is -5.41. The van der Waals surface area contributed by atoms with Crippen LogP contribution in [0.5, 0.6) is 0 Å². The normalized spacial score (nSPS) is 24.9. The summed E-state index contributed by atoms with van der Waals surface area (Å²) in [7, 11) is 0. The van der Waals surface area contributed by atoms with Crippen molar-refractivity contribution >= 4 is 33.6 Å². The van der Waals surface area contributed by atoms with E-state index in [1.807, 2.05) is 0 Å². The third kappa shape index (κ3) is 3.13. The van der Waals surface area contributed by atoms with Crippen LogP contribution in [-0.2, 0) is 0 Å². The van der Waals surface area contributed by atoms with Gasteiger partial charge in [-0.3, -0.25) is 9.98 Å². The molecule has 0 unspecified atom stereocenters. The van der Waals surface area contributed by atoms with Gasteiger partial charge < -0.3 is 0 Å². The molecule has 2 nitrogen and oxygen atoms in total. The number of rotatable bonds is 2. The standard InChI is InChI=1S/C21H16F6N2S2/c1-17(2)19(30-15(28-17)13-9-5-3-6-10-13)18(20(22,23)24,21(25,26)27)29-16(31-19)14-11-7-4-8-12-14/h3-12H,1-2H3/t19-/m1/s1. The van der Waals surface area contributed by atoms with Crippen LogP contribution in [-0.4, -0.2) is 37.6 Å². The molecule has 0 saturated carbocycles. The lowest BCUT2D eigenvalue weighted by atomic mass is 9.82. The Hall–Kier alpha value is -1.94. The molecule has 2 aromatic rings. The molecule has 164 valence electrons. The van der Waals surface area contributed by atoms with Gasteiger partial charge in [-0.05, 0) is 13.8 Å². The molecule has 1 atom stereocenters. The lowest BCUT2D eigenvalue weighted by Gasteiger charge is -2.47. The lowest BCUT2D eigenvalue weighted by Crippen LogP contribution is -2.70. The van der Waals surface area contributed by atoms with Gasteiger partial charge in [-0.1, -0.05) is 84.2 Å². The summed E-state index contributed by atoms with van der Waals surface area (Å²) in [5, 5.41) is -0.180. The number of halogens is 6. The fourth-order valence-corrected chi connectivity index (χ4v) is 7.39. The Bertz CT molecular complexity index is 1030. The monoisotopic (exact) mass is 474 g/mol. The highest BCUT2D eigenvalue weighted by molar-refractivity contribution is 8.32. The molecule has 0 saturated heterocycles. The molecule has 2 aromatic carbocycles. The van der Waals surface area contributed by atoms with Crippen molar-refractivity contribution < 1.29 is 26.3 Å². The second-order valence-corrected chi connectivity index (χ2v) is 10.3. The van der Waals surface area contributed by atoms with E-state index in [0.717, 1.165) is 0 Å². The zero-order valence-electron chi connectivity index (χ0n) is 16.3. The van der Waals surface area contributed by atoms with Crippen LogP contribution in [0.25, 0.3) is 0 Å². The summed E-state index contributed by atoms with van der Waals surface area (Å²) in [6, 6.07) is 15.9. The van der Waals surface area contributed by atoms with Crippen LogP contribution in [0.2, 0.25) is 0 Å². The summed E-state index contributed by atoms with van der Waals surface area (Å²) in [4.78, 5) is 7.79. The highest BCUT2D eigenvalue weighted by Crippen LogP contribution is 2.71. The minimum Gasteiger partial charge on any atom is -0.269 e. The van der Waals surface area contributed by atoms with Gasteiger partial charge >= 0.3 is 12.4 Å². The van der Waals surface area contributed by atoms with E-state index in [-0.39, 0.29) is 15.7 Å². The van der Waals surface area contributed by atoms with Crippen LogP contribution in [0.1, 0.15) is 25.0 Å². The largest absolute Gasteiger partial charge is 0.425 e. The Kier molecular flexibility index (Phi) is 5.05. The van der Waals surface area contributed by atoms with Crippen LogP contribution in [0.15, 0.2) is 70.6 Å². The van der Waals surface area contributed by atoms with E-state index < -0.39 is 27.5 Å². The predicted molar refractivity (Wildman–Crippen MR) is 113 cm³/mol. The molecule has 10 heteroatoms. The Morgan fingerprint density at radius 3 is 1.42 bits per heavy atom. The average Bonchev–Trinajstić information content (AvgIpc) is 3.19. The smallest absolute Gasteiger partial charge is 0.269 e. The van der Waals surface area contributed by atoms with E-state index in [9.17, 15) is 26.3 Å². The minimum atomic E-state index is -5.69. The lowest BCUT2D eigenvalue weighted by molar-refractivity contribution is -0.299. The van der Waals surface area contributed by atoms with Crippen molar-refractivity contribution in [3.8, 4) is 0 Å². The van der Waals surface area contributed by atoms with E-state index in [1.54, 1.807) is 48.5 Å². The maximum absolute atomic E-state index is 14.5. The first kappa shape index (κ1) is 22.3. The van der Waals surface area contributed by atoms with E-state index in [2.05, 4.69) is 9.98 Å². The molecular weight excluding hydrogens is 458 g/mol. The van der Waals surface area contributed by atoms with Gasteiger partial charge in [-0.25, -0.2) is 0 Å². The molecule has 2 heterocycles. The maximum Gasteiger partial charge on any atom is 0.425 e.